The summed E-state index contributed by atoms with van der Waals surface area (Å²) >= 11 is 0. The Morgan fingerprint density at radius 1 is 0.833 bits per heavy atom. The second kappa shape index (κ2) is 5.81. The van der Waals surface area contributed by atoms with Crippen molar-refractivity contribution in [3.8, 4) is 0 Å². The van der Waals surface area contributed by atoms with Gasteiger partial charge in [0.15, 0.2) is 0 Å². The SMILES string of the molecule is CC1=C(C)c2ccc(C(C)C(C)(C)C)cc2N(C)c2ccccc21. The van der Waals surface area contributed by atoms with Crippen LogP contribution in [0, 0.1) is 5.41 Å². The number of para-hydroxylation sites is 1. The summed E-state index contributed by atoms with van der Waals surface area (Å²) in [5.74, 6) is 0.514. The van der Waals surface area contributed by atoms with Crippen molar-refractivity contribution in [2.24, 2.45) is 5.41 Å². The molecule has 0 radical (unpaired) electrons. The van der Waals surface area contributed by atoms with Crippen LogP contribution in [0.3, 0.4) is 0 Å². The van der Waals surface area contributed by atoms with Crippen molar-refractivity contribution in [2.45, 2.75) is 47.5 Å². The van der Waals surface area contributed by atoms with Gasteiger partial charge < -0.3 is 4.90 Å². The van der Waals surface area contributed by atoms with Gasteiger partial charge in [-0.3, -0.25) is 0 Å². The topological polar surface area (TPSA) is 3.24 Å². The van der Waals surface area contributed by atoms with Gasteiger partial charge in [0.25, 0.3) is 0 Å². The molecule has 24 heavy (non-hydrogen) atoms. The fourth-order valence-corrected chi connectivity index (χ4v) is 3.53. The lowest BCUT2D eigenvalue weighted by Gasteiger charge is -2.30. The van der Waals surface area contributed by atoms with Gasteiger partial charge in [0.05, 0.1) is 0 Å². The van der Waals surface area contributed by atoms with Gasteiger partial charge >= 0.3 is 0 Å². The van der Waals surface area contributed by atoms with E-state index in [1.807, 2.05) is 0 Å². The average molecular weight is 319 g/mol. The number of rotatable bonds is 1. The summed E-state index contributed by atoms with van der Waals surface area (Å²) < 4.78 is 0. The molecule has 2 aromatic rings. The smallest absolute Gasteiger partial charge is 0.0487 e. The second-order valence-electron chi connectivity index (χ2n) is 8.19. The Morgan fingerprint density at radius 2 is 1.42 bits per heavy atom. The van der Waals surface area contributed by atoms with Crippen LogP contribution in [0.15, 0.2) is 42.5 Å². The highest BCUT2D eigenvalue weighted by molar-refractivity contribution is 5.99. The fourth-order valence-electron chi connectivity index (χ4n) is 3.53. The Kier molecular flexibility index (Phi) is 4.07. The lowest BCUT2D eigenvalue weighted by Crippen LogP contribution is -2.17. The molecule has 0 saturated heterocycles. The van der Waals surface area contributed by atoms with E-state index in [9.17, 15) is 0 Å². The van der Waals surface area contributed by atoms with E-state index in [1.54, 1.807) is 0 Å². The molecule has 126 valence electrons. The molecule has 3 rings (SSSR count). The highest BCUT2D eigenvalue weighted by Crippen LogP contribution is 2.44. The standard InChI is InChI=1S/C23H29N/c1-15-16(2)20-13-12-18(17(3)23(4,5)6)14-22(20)24(7)21-11-9-8-10-19(15)21/h8-14,17H,1-7H3. The molecular weight excluding hydrogens is 290 g/mol. The summed E-state index contributed by atoms with van der Waals surface area (Å²) in [7, 11) is 2.19. The van der Waals surface area contributed by atoms with Gasteiger partial charge in [0.2, 0.25) is 0 Å². The number of allylic oxidation sites excluding steroid dienone is 2. The normalized spacial score (nSPS) is 15.7. The number of anilines is 2. The van der Waals surface area contributed by atoms with Gasteiger partial charge in [-0.2, -0.15) is 0 Å². The third kappa shape index (κ3) is 2.66. The molecule has 0 saturated carbocycles. The third-order valence-electron chi connectivity index (χ3n) is 5.82. The summed E-state index contributed by atoms with van der Waals surface area (Å²) in [6.07, 6.45) is 0. The zero-order chi connectivity index (χ0) is 17.6. The lowest BCUT2D eigenvalue weighted by molar-refractivity contribution is 0.339. The molecule has 1 unspecified atom stereocenters. The van der Waals surface area contributed by atoms with Crippen molar-refractivity contribution < 1.29 is 0 Å². The van der Waals surface area contributed by atoms with E-state index in [0.29, 0.717) is 5.92 Å². The van der Waals surface area contributed by atoms with Crippen LogP contribution in [0.25, 0.3) is 11.1 Å². The molecule has 0 aromatic heterocycles. The molecule has 0 amide bonds. The van der Waals surface area contributed by atoms with Crippen molar-refractivity contribution in [1.82, 2.24) is 0 Å². The van der Waals surface area contributed by atoms with E-state index in [0.717, 1.165) is 0 Å². The summed E-state index contributed by atoms with van der Waals surface area (Å²) in [4.78, 5) is 2.35. The van der Waals surface area contributed by atoms with Crippen molar-refractivity contribution in [3.63, 3.8) is 0 Å². The molecule has 0 fully saturated rings. The van der Waals surface area contributed by atoms with Crippen LogP contribution in [0.4, 0.5) is 11.4 Å². The number of benzene rings is 2. The first kappa shape index (κ1) is 16.8. The van der Waals surface area contributed by atoms with Gasteiger partial charge in [-0.25, -0.2) is 0 Å². The van der Waals surface area contributed by atoms with Crippen LogP contribution < -0.4 is 4.90 Å². The first-order valence-electron chi connectivity index (χ1n) is 8.86. The third-order valence-corrected chi connectivity index (χ3v) is 5.82. The summed E-state index contributed by atoms with van der Waals surface area (Å²) in [6, 6.07) is 15.7. The lowest BCUT2D eigenvalue weighted by atomic mass is 9.77. The highest BCUT2D eigenvalue weighted by Gasteiger charge is 2.25. The van der Waals surface area contributed by atoms with Gasteiger partial charge in [0.1, 0.15) is 0 Å². The van der Waals surface area contributed by atoms with E-state index in [-0.39, 0.29) is 5.41 Å². The van der Waals surface area contributed by atoms with Crippen LogP contribution in [0.2, 0.25) is 0 Å². The average Bonchev–Trinajstić information content (AvgIpc) is 2.64. The maximum Gasteiger partial charge on any atom is 0.0487 e. The van der Waals surface area contributed by atoms with E-state index in [4.69, 9.17) is 0 Å². The molecule has 0 bridgehead atoms. The predicted molar refractivity (Wildman–Crippen MR) is 107 cm³/mol. The molecule has 0 spiro atoms. The van der Waals surface area contributed by atoms with E-state index in [2.05, 4.69) is 96.0 Å². The van der Waals surface area contributed by atoms with Crippen molar-refractivity contribution in [3.05, 3.63) is 59.2 Å². The van der Waals surface area contributed by atoms with Crippen LogP contribution in [-0.4, -0.2) is 7.05 Å². The molecule has 1 aliphatic heterocycles. The van der Waals surface area contributed by atoms with Gasteiger partial charge in [-0.15, -0.1) is 0 Å². The van der Waals surface area contributed by atoms with Crippen LogP contribution in [0.1, 0.15) is 64.2 Å². The first-order chi connectivity index (χ1) is 11.2. The molecular formula is C23H29N. The van der Waals surface area contributed by atoms with Gasteiger partial charge in [0, 0.05) is 29.5 Å². The monoisotopic (exact) mass is 319 g/mol. The quantitative estimate of drug-likeness (QED) is 0.554. The van der Waals surface area contributed by atoms with Crippen LogP contribution in [-0.2, 0) is 0 Å². The van der Waals surface area contributed by atoms with Crippen molar-refractivity contribution in [1.29, 1.82) is 0 Å². The molecule has 0 N–H and O–H groups in total. The van der Waals surface area contributed by atoms with Crippen molar-refractivity contribution >= 4 is 22.5 Å². The Balaban J connectivity index is 2.22. The number of hydrogen-bond donors (Lipinski definition) is 0. The van der Waals surface area contributed by atoms with Crippen molar-refractivity contribution in [2.75, 3.05) is 11.9 Å². The second-order valence-corrected chi connectivity index (χ2v) is 8.19. The zero-order valence-corrected chi connectivity index (χ0v) is 16.1. The number of nitrogens with zero attached hydrogens (tertiary/aromatic N) is 1. The molecule has 1 heteroatoms. The number of hydrogen-bond acceptors (Lipinski definition) is 1. The molecule has 1 atom stereocenters. The van der Waals surface area contributed by atoms with Gasteiger partial charge in [-0.1, -0.05) is 58.0 Å². The maximum absolute atomic E-state index is 2.39. The first-order valence-corrected chi connectivity index (χ1v) is 8.86. The predicted octanol–water partition coefficient (Wildman–Crippen LogP) is 6.87. The summed E-state index contributed by atoms with van der Waals surface area (Å²) in [6.45, 7) is 13.8. The Labute approximate surface area is 147 Å². The Morgan fingerprint density at radius 3 is 2.04 bits per heavy atom. The molecule has 1 nitrogen and oxygen atoms in total. The van der Waals surface area contributed by atoms with Gasteiger partial charge in [-0.05, 0) is 54.0 Å². The van der Waals surface area contributed by atoms with E-state index >= 15 is 0 Å². The summed E-state index contributed by atoms with van der Waals surface area (Å²) in [5.41, 5.74) is 9.69. The summed E-state index contributed by atoms with van der Waals surface area (Å²) in [5, 5.41) is 0. The molecule has 1 heterocycles. The molecule has 2 aromatic carbocycles. The van der Waals surface area contributed by atoms with Crippen LogP contribution >= 0.6 is 0 Å². The minimum absolute atomic E-state index is 0.260. The minimum Gasteiger partial charge on any atom is -0.344 e. The fraction of sp³-hybridized carbons (Fsp3) is 0.391. The molecule has 0 aliphatic carbocycles. The van der Waals surface area contributed by atoms with Crippen LogP contribution in [0.5, 0.6) is 0 Å². The zero-order valence-electron chi connectivity index (χ0n) is 16.1. The molecule has 1 aliphatic rings. The number of fused-ring (bicyclic) bond motifs is 2. The largest absolute Gasteiger partial charge is 0.344 e. The highest BCUT2D eigenvalue weighted by atomic mass is 15.1. The Hall–Kier alpha value is -2.02. The minimum atomic E-state index is 0.260. The van der Waals surface area contributed by atoms with E-state index < -0.39 is 0 Å². The maximum atomic E-state index is 2.39. The Bertz CT molecular complexity index is 805. The van der Waals surface area contributed by atoms with E-state index in [1.165, 1.54) is 39.2 Å².